The molecule has 2 aromatic carbocycles. The van der Waals surface area contributed by atoms with Crippen molar-refractivity contribution < 1.29 is 43.0 Å². The van der Waals surface area contributed by atoms with E-state index in [1.807, 2.05) is 13.8 Å². The molecule has 2 fully saturated rings. The molecule has 336 valence electrons. The van der Waals surface area contributed by atoms with E-state index in [1.165, 1.54) is 25.3 Å². The van der Waals surface area contributed by atoms with Crippen molar-refractivity contribution in [2.45, 2.75) is 96.6 Å². The second-order valence-corrected chi connectivity index (χ2v) is 15.9. The molecule has 0 radical (unpaired) electrons. The number of carbonyl (C=O) groups is 7. The Balaban J connectivity index is 0.850. The third-order valence-corrected chi connectivity index (χ3v) is 11.6. The molecule has 3 aliphatic rings. The van der Waals surface area contributed by atoms with Crippen LogP contribution in [0.3, 0.4) is 0 Å². The predicted molar refractivity (Wildman–Crippen MR) is 233 cm³/mol. The predicted octanol–water partition coefficient (Wildman–Crippen LogP) is 4.04. The van der Waals surface area contributed by atoms with Gasteiger partial charge in [0.2, 0.25) is 23.7 Å². The number of rotatable bonds is 21. The molecule has 0 saturated carbocycles. The van der Waals surface area contributed by atoms with Gasteiger partial charge in [0.1, 0.15) is 17.5 Å². The third-order valence-electron chi connectivity index (χ3n) is 11.6. The van der Waals surface area contributed by atoms with E-state index in [1.54, 1.807) is 36.3 Å². The van der Waals surface area contributed by atoms with Crippen molar-refractivity contribution in [3.05, 3.63) is 65.0 Å². The van der Waals surface area contributed by atoms with Gasteiger partial charge in [-0.05, 0) is 88.9 Å². The summed E-state index contributed by atoms with van der Waals surface area (Å²) in [6, 6.07) is 8.34. The lowest BCUT2D eigenvalue weighted by molar-refractivity contribution is -0.136. The fourth-order valence-electron chi connectivity index (χ4n) is 8.18. The maximum absolute atomic E-state index is 13.4. The maximum Gasteiger partial charge on any atom is 0.266 e. The number of aryl methyl sites for hydroxylation is 1. The molecular formula is C45H57N9O9. The molecule has 0 spiro atoms. The second kappa shape index (κ2) is 21.6. The number of unbranched alkanes of at least 4 members (excludes halogenated alkanes) is 5. The van der Waals surface area contributed by atoms with Gasteiger partial charge in [0, 0.05) is 32.1 Å². The minimum absolute atomic E-state index is 0.00989. The molecule has 63 heavy (non-hydrogen) atoms. The second-order valence-electron chi connectivity index (χ2n) is 15.9. The van der Waals surface area contributed by atoms with Crippen LogP contribution in [0, 0.1) is 6.92 Å². The molecule has 1 aromatic heterocycles. The lowest BCUT2D eigenvalue weighted by Gasteiger charge is -2.30. The van der Waals surface area contributed by atoms with Crippen LogP contribution in [-0.4, -0.2) is 120 Å². The summed E-state index contributed by atoms with van der Waals surface area (Å²) in [7, 11) is 3.29. The number of imide groups is 2. The Hall–Kier alpha value is -6.43. The number of ether oxygens (including phenoxy) is 2. The first kappa shape index (κ1) is 46.1. The number of carbonyl (C=O) groups excluding carboxylic acids is 7. The van der Waals surface area contributed by atoms with Crippen LogP contribution in [0.1, 0.15) is 114 Å². The summed E-state index contributed by atoms with van der Waals surface area (Å²) in [5, 5.41) is 11.1. The molecule has 0 aliphatic carbocycles. The van der Waals surface area contributed by atoms with E-state index in [0.29, 0.717) is 47.4 Å². The number of hydrogen-bond donors (Lipinski definition) is 4. The zero-order valence-electron chi connectivity index (χ0n) is 36.4. The lowest BCUT2D eigenvalue weighted by Crippen LogP contribution is -2.54. The number of likely N-dealkylation sites (tertiary alicyclic amines) is 1. The molecule has 4 heterocycles. The number of anilines is 3. The molecule has 0 bridgehead atoms. The number of hydrogen-bond acceptors (Lipinski definition) is 13. The normalized spacial score (nSPS) is 16.6. The molecule has 6 rings (SSSR count). The number of amides is 7. The van der Waals surface area contributed by atoms with Crippen molar-refractivity contribution in [3.63, 3.8) is 0 Å². The van der Waals surface area contributed by atoms with E-state index < -0.39 is 29.7 Å². The topological polar surface area (TPSA) is 222 Å². The van der Waals surface area contributed by atoms with Crippen molar-refractivity contribution in [3.8, 4) is 11.5 Å². The number of fused-ring (bicyclic) bond motifs is 1. The van der Waals surface area contributed by atoms with Crippen molar-refractivity contribution in [1.82, 2.24) is 35.7 Å². The minimum Gasteiger partial charge on any atom is -0.495 e. The Morgan fingerprint density at radius 1 is 0.937 bits per heavy atom. The molecule has 2 saturated heterocycles. The van der Waals surface area contributed by atoms with Gasteiger partial charge < -0.3 is 30.3 Å². The molecule has 18 heteroatoms. The summed E-state index contributed by atoms with van der Waals surface area (Å²) in [5.41, 5.74) is 2.41. The first-order chi connectivity index (χ1) is 30.4. The highest BCUT2D eigenvalue weighted by Crippen LogP contribution is 2.34. The summed E-state index contributed by atoms with van der Waals surface area (Å²) in [6.07, 6.45) is 9.98. The molecular weight excluding hydrogens is 811 g/mol. The molecule has 3 aromatic rings. The van der Waals surface area contributed by atoms with Crippen molar-refractivity contribution in [2.24, 2.45) is 0 Å². The monoisotopic (exact) mass is 867 g/mol. The molecule has 4 N–H and O–H groups in total. The largest absolute Gasteiger partial charge is 0.495 e. The zero-order chi connectivity index (χ0) is 45.0. The number of nitrogens with zero attached hydrogens (tertiary/aromatic N) is 5. The molecule has 7 amide bonds. The number of nitrogens with one attached hydrogen (secondary N) is 4. The van der Waals surface area contributed by atoms with Gasteiger partial charge in [-0.15, -0.1) is 0 Å². The number of methoxy groups -OCH3 is 1. The molecule has 1 unspecified atom stereocenters. The van der Waals surface area contributed by atoms with E-state index in [0.717, 1.165) is 75.8 Å². The highest BCUT2D eigenvalue weighted by Gasteiger charge is 2.46. The van der Waals surface area contributed by atoms with Gasteiger partial charge in [-0.2, -0.15) is 0 Å². The average molecular weight is 868 g/mol. The SMILES string of the molecule is CC[C@H](C(=O)N(C)c1cnc(Nc2ccc(C(=O)NCCCCCCCCNC(=O)COc3cccc4c3C(=O)N(C3CCC(=O)NC3=O)C4=O)cc2OC)nc1C)N1CCCC1. The number of piperidine rings is 1. The van der Waals surface area contributed by atoms with Gasteiger partial charge in [-0.25, -0.2) is 9.97 Å². The first-order valence-corrected chi connectivity index (χ1v) is 21.7. The highest BCUT2D eigenvalue weighted by atomic mass is 16.5. The van der Waals surface area contributed by atoms with Crippen LogP contribution < -0.4 is 35.6 Å². The molecule has 18 nitrogen and oxygen atoms in total. The van der Waals surface area contributed by atoms with Gasteiger partial charge in [-0.3, -0.25) is 48.7 Å². The number of aromatic nitrogens is 2. The quantitative estimate of drug-likeness (QED) is 0.0879. The van der Waals surface area contributed by atoms with Crippen LogP contribution >= 0.6 is 0 Å². The average Bonchev–Trinajstić information content (AvgIpc) is 3.90. The Bertz CT molecular complexity index is 2210. The van der Waals surface area contributed by atoms with Crippen LogP contribution in [0.2, 0.25) is 0 Å². The Kier molecular flexibility index (Phi) is 15.8. The van der Waals surface area contributed by atoms with Gasteiger partial charge in [-0.1, -0.05) is 38.7 Å². The summed E-state index contributed by atoms with van der Waals surface area (Å²) in [5.74, 6) is -2.22. The highest BCUT2D eigenvalue weighted by molar-refractivity contribution is 6.24. The van der Waals surface area contributed by atoms with Crippen molar-refractivity contribution in [2.75, 3.05) is 57.2 Å². The van der Waals surface area contributed by atoms with E-state index in [-0.39, 0.29) is 60.1 Å². The Labute approximate surface area is 366 Å². The van der Waals surface area contributed by atoms with Gasteiger partial charge in [0.25, 0.3) is 23.6 Å². The molecule has 3 aliphatic heterocycles. The van der Waals surface area contributed by atoms with Crippen LogP contribution in [0.15, 0.2) is 42.6 Å². The number of likely N-dealkylation sites (N-methyl/N-ethyl adjacent to an activating group) is 1. The molecule has 2 atom stereocenters. The minimum atomic E-state index is -1.10. The maximum atomic E-state index is 13.4. The van der Waals surface area contributed by atoms with Gasteiger partial charge in [0.15, 0.2) is 6.61 Å². The van der Waals surface area contributed by atoms with E-state index in [4.69, 9.17) is 9.47 Å². The van der Waals surface area contributed by atoms with E-state index >= 15 is 0 Å². The summed E-state index contributed by atoms with van der Waals surface area (Å²) in [4.78, 5) is 103. The van der Waals surface area contributed by atoms with Crippen LogP contribution in [0.4, 0.5) is 17.3 Å². The smallest absolute Gasteiger partial charge is 0.266 e. The third kappa shape index (κ3) is 11.2. The van der Waals surface area contributed by atoms with Crippen molar-refractivity contribution >= 4 is 58.7 Å². The van der Waals surface area contributed by atoms with E-state index in [9.17, 15) is 33.6 Å². The Morgan fingerprint density at radius 2 is 1.65 bits per heavy atom. The van der Waals surface area contributed by atoms with Crippen LogP contribution in [-0.2, 0) is 19.2 Å². The zero-order valence-corrected chi connectivity index (χ0v) is 36.4. The number of benzene rings is 2. The Morgan fingerprint density at radius 3 is 2.33 bits per heavy atom. The standard InChI is InChI=1S/C45H57N9O9/c1-5-32(53-23-12-13-24-53)43(60)52(3)34-26-48-45(49-28(34)2)50-31-18-17-29(25-36(31)62-4)40(57)47-22-11-9-7-6-8-10-21-46-38(56)27-63-35-16-14-15-30-39(35)44(61)54(42(30)59)33-19-20-37(55)51-41(33)58/h14-18,25-26,32-33H,5-13,19-24,27H2,1-4H3,(H,46,56)(H,47,57)(H,48,49,50)(H,51,55,58)/t32-,33?/m1/s1. The summed E-state index contributed by atoms with van der Waals surface area (Å²) >= 11 is 0. The first-order valence-electron chi connectivity index (χ1n) is 21.7. The summed E-state index contributed by atoms with van der Waals surface area (Å²) < 4.78 is 11.2. The fourth-order valence-corrected chi connectivity index (χ4v) is 8.18. The van der Waals surface area contributed by atoms with E-state index in [2.05, 4.69) is 36.1 Å². The fraction of sp³-hybridized carbons (Fsp3) is 0.489. The summed E-state index contributed by atoms with van der Waals surface area (Å²) in [6.45, 7) is 6.35. The van der Waals surface area contributed by atoms with Gasteiger partial charge >= 0.3 is 0 Å². The van der Waals surface area contributed by atoms with Gasteiger partial charge in [0.05, 0.1) is 47.5 Å². The van der Waals surface area contributed by atoms with Crippen molar-refractivity contribution in [1.29, 1.82) is 0 Å². The van der Waals surface area contributed by atoms with Crippen LogP contribution in [0.25, 0.3) is 0 Å². The van der Waals surface area contributed by atoms with Crippen LogP contribution in [0.5, 0.6) is 11.5 Å². The lowest BCUT2D eigenvalue weighted by atomic mass is 10.0.